The molecule has 47 heavy (non-hydrogen) atoms. The van der Waals surface area contributed by atoms with Crippen molar-refractivity contribution in [3.63, 3.8) is 0 Å². The molecule has 3 fully saturated rings. The van der Waals surface area contributed by atoms with E-state index in [-0.39, 0.29) is 18.3 Å². The fourth-order valence-electron chi connectivity index (χ4n) is 8.18. The van der Waals surface area contributed by atoms with Crippen LogP contribution in [0, 0.1) is 0 Å². The number of rotatable bonds is 28. The molecule has 278 valence electrons. The Morgan fingerprint density at radius 2 is 0.851 bits per heavy atom. The third-order valence-corrected chi connectivity index (χ3v) is 31.8. The van der Waals surface area contributed by atoms with Crippen molar-refractivity contribution in [2.24, 2.45) is 0 Å². The molecule has 6 nitrogen and oxygen atoms in total. The standard InChI is InChI=1S/4C8H17.C7H10O6.2Sn/c4*1-3-5-7-8-6-4-2;1-7(12)6(11)5(10)4(9)3(2-8)13-7;;/h4*1,3-8H2,2H3;3-6,12H,2H2,1H3;;/q;;;;-4;2*+2/t;;;;3-,4+,5+,6-,7-;;/m....1../s1. The second kappa shape index (κ2) is 23.8. The first-order valence-electron chi connectivity index (χ1n) is 20.9. The molecule has 0 aliphatic carbocycles. The summed E-state index contributed by atoms with van der Waals surface area (Å²) in [4.78, 5) is 0. The summed E-state index contributed by atoms with van der Waals surface area (Å²) in [6.07, 6.45) is 29.9. The molecule has 0 radical (unpaired) electrons. The van der Waals surface area contributed by atoms with Crippen LogP contribution in [0.2, 0.25) is 17.7 Å². The van der Waals surface area contributed by atoms with Gasteiger partial charge in [-0.2, -0.15) is 0 Å². The minimum atomic E-state index is -3.49. The molecule has 0 aromatic carbocycles. The Hall–Kier alpha value is 1.36. The Bertz CT molecular complexity index is 765. The molecule has 0 aromatic heterocycles. The first-order chi connectivity index (χ1) is 22.8. The van der Waals surface area contributed by atoms with Crippen molar-refractivity contribution in [1.82, 2.24) is 0 Å². The van der Waals surface area contributed by atoms with Gasteiger partial charge in [-0.25, -0.2) is 0 Å². The third-order valence-electron chi connectivity index (χ3n) is 11.1. The maximum absolute atomic E-state index is 11.7. The first-order valence-corrected chi connectivity index (χ1v) is 33.6. The molecule has 0 saturated carbocycles. The first kappa shape index (κ1) is 42.8. The van der Waals surface area contributed by atoms with Gasteiger partial charge in [-0.1, -0.05) is 0 Å². The summed E-state index contributed by atoms with van der Waals surface area (Å²) in [6.45, 7) is 11.5. The van der Waals surface area contributed by atoms with Crippen LogP contribution in [0.15, 0.2) is 0 Å². The van der Waals surface area contributed by atoms with Crippen molar-refractivity contribution in [2.45, 2.75) is 237 Å². The average Bonchev–Trinajstić information content (AvgIpc) is 3.46. The third kappa shape index (κ3) is 14.7. The summed E-state index contributed by atoms with van der Waals surface area (Å²) in [5, 5.41) is 11.7. The number of hydrogen-bond donors (Lipinski definition) is 1. The van der Waals surface area contributed by atoms with Gasteiger partial charge in [-0.3, -0.25) is 0 Å². The molecule has 0 spiro atoms. The van der Waals surface area contributed by atoms with Gasteiger partial charge in [0.05, 0.1) is 0 Å². The number of fused-ring (bicyclic) bond motifs is 3. The molecular weight excluding hydrogens is 802 g/mol. The van der Waals surface area contributed by atoms with E-state index >= 15 is 0 Å². The van der Waals surface area contributed by atoms with Crippen molar-refractivity contribution in [3.8, 4) is 0 Å². The number of hydrogen-bond acceptors (Lipinski definition) is 6. The summed E-state index contributed by atoms with van der Waals surface area (Å²) < 4.78 is 39.6. The van der Waals surface area contributed by atoms with Crippen LogP contribution in [0.1, 0.15) is 189 Å². The maximum atomic E-state index is 11.7. The Morgan fingerprint density at radius 3 is 1.28 bits per heavy atom. The van der Waals surface area contributed by atoms with Gasteiger partial charge in [0.15, 0.2) is 0 Å². The molecule has 1 N–H and O–H groups in total. The molecule has 0 unspecified atom stereocenters. The minimum absolute atomic E-state index is 0.155. The van der Waals surface area contributed by atoms with Crippen molar-refractivity contribution in [1.29, 1.82) is 0 Å². The summed E-state index contributed by atoms with van der Waals surface area (Å²) >= 11 is -6.89. The van der Waals surface area contributed by atoms with Gasteiger partial charge in [-0.15, -0.1) is 0 Å². The van der Waals surface area contributed by atoms with Crippen LogP contribution in [0.25, 0.3) is 0 Å². The normalized spacial score (nSPS) is 28.0. The fraction of sp³-hybridized carbons (Fsp3) is 1.00. The van der Waals surface area contributed by atoms with Crippen molar-refractivity contribution in [2.75, 3.05) is 6.61 Å². The van der Waals surface area contributed by atoms with Crippen LogP contribution in [0.4, 0.5) is 0 Å². The van der Waals surface area contributed by atoms with E-state index < -0.39 is 50.3 Å². The molecule has 3 heterocycles. The molecule has 8 heteroatoms. The summed E-state index contributed by atoms with van der Waals surface area (Å²) in [6, 6.07) is 0. The van der Waals surface area contributed by atoms with Gasteiger partial charge in [0.2, 0.25) is 0 Å². The molecule has 0 amide bonds. The van der Waals surface area contributed by atoms with Gasteiger partial charge in [0.1, 0.15) is 0 Å². The van der Waals surface area contributed by atoms with Crippen LogP contribution in [-0.2, 0) is 17.0 Å². The van der Waals surface area contributed by atoms with Crippen LogP contribution in [0.3, 0.4) is 0 Å². The molecule has 0 bridgehead atoms. The fourth-order valence-corrected chi connectivity index (χ4v) is 29.8. The quantitative estimate of drug-likeness (QED) is 0.0624. The van der Waals surface area contributed by atoms with E-state index in [1.165, 1.54) is 154 Å². The van der Waals surface area contributed by atoms with Crippen LogP contribution in [-0.4, -0.2) is 80.3 Å². The van der Waals surface area contributed by atoms with E-state index in [0.717, 1.165) is 17.7 Å². The summed E-state index contributed by atoms with van der Waals surface area (Å²) in [5.41, 5.74) is 0. The molecule has 5 atom stereocenters. The van der Waals surface area contributed by atoms with Crippen molar-refractivity contribution >= 4 is 38.4 Å². The molecule has 0 aromatic rings. The second-order valence-electron chi connectivity index (χ2n) is 15.6. The predicted octanol–water partition coefficient (Wildman–Crippen LogP) is 11.6. The predicted molar refractivity (Wildman–Crippen MR) is 200 cm³/mol. The Morgan fingerprint density at radius 1 is 0.489 bits per heavy atom. The van der Waals surface area contributed by atoms with E-state index in [1.54, 1.807) is 6.92 Å². The number of aliphatic hydroxyl groups is 1. The van der Waals surface area contributed by atoms with Gasteiger partial charge < -0.3 is 0 Å². The number of unbranched alkanes of at least 4 members (excludes halogenated alkanes) is 20. The van der Waals surface area contributed by atoms with Gasteiger partial charge >= 0.3 is 304 Å². The van der Waals surface area contributed by atoms with E-state index in [2.05, 4.69) is 27.7 Å². The van der Waals surface area contributed by atoms with Gasteiger partial charge in [0, 0.05) is 0 Å². The van der Waals surface area contributed by atoms with E-state index in [9.17, 15) is 5.11 Å². The topological polar surface area (TPSA) is 66.4 Å². The summed E-state index contributed by atoms with van der Waals surface area (Å²) in [7, 11) is 0. The van der Waals surface area contributed by atoms with Crippen LogP contribution >= 0.6 is 0 Å². The zero-order valence-corrected chi connectivity index (χ0v) is 37.5. The van der Waals surface area contributed by atoms with E-state index in [1.807, 2.05) is 0 Å². The second-order valence-corrected chi connectivity index (χ2v) is 34.6. The zero-order chi connectivity index (χ0) is 33.9. The Kier molecular flexibility index (Phi) is 21.7. The van der Waals surface area contributed by atoms with E-state index in [4.69, 9.17) is 17.0 Å². The van der Waals surface area contributed by atoms with E-state index in [0.29, 0.717) is 6.61 Å². The molecule has 3 aliphatic rings. The monoisotopic (exact) mass is 882 g/mol. The zero-order valence-electron chi connectivity index (χ0n) is 31.8. The summed E-state index contributed by atoms with van der Waals surface area (Å²) in [5.74, 6) is -1.37. The molecular formula is C39H78O6Sn2. The Balaban J connectivity index is 1.72. The van der Waals surface area contributed by atoms with Crippen LogP contribution < -0.4 is 0 Å². The SMILES string of the molecule is CCCCCCC[CH2][Sn]1([CH2]CCCCCCC)[O]C[C@H]2O[C@@](C)(O)[C@@H]3[O][Sn]([CH2]CCCCCCC)([CH2]CCCCCCC)[O][C@H]3[C@H]2[O]1. The average molecular weight is 880 g/mol. The molecule has 3 saturated heterocycles. The van der Waals surface area contributed by atoms with Crippen LogP contribution in [0.5, 0.6) is 0 Å². The number of ether oxygens (including phenoxy) is 1. The van der Waals surface area contributed by atoms with Crippen molar-refractivity contribution in [3.05, 3.63) is 0 Å². The molecule has 3 rings (SSSR count). The molecule has 3 aliphatic heterocycles. The Labute approximate surface area is 301 Å². The van der Waals surface area contributed by atoms with Gasteiger partial charge in [0.25, 0.3) is 0 Å². The van der Waals surface area contributed by atoms with Crippen molar-refractivity contribution < 1.29 is 22.1 Å². The van der Waals surface area contributed by atoms with Gasteiger partial charge in [-0.05, 0) is 0 Å².